The van der Waals surface area contributed by atoms with Gasteiger partial charge < -0.3 is 26.2 Å². The number of thiol groups is 1. The summed E-state index contributed by atoms with van der Waals surface area (Å²) in [5.74, 6) is -2.16. The highest BCUT2D eigenvalue weighted by molar-refractivity contribution is 7.80. The van der Waals surface area contributed by atoms with Crippen molar-refractivity contribution in [2.45, 2.75) is 37.4 Å². The van der Waals surface area contributed by atoms with Crippen LogP contribution in [-0.2, 0) is 9.59 Å². The molecule has 0 aliphatic carbocycles. The van der Waals surface area contributed by atoms with E-state index in [1.54, 1.807) is 0 Å². The molecule has 0 rings (SSSR count). The second-order valence-corrected chi connectivity index (χ2v) is 4.58. The standard InChI is InChI=1S/C10H21N3O6S/c11-5(10(18)19)1-2-7(14)13-6(4-20)9(17)12-3-8(15)16/h5-7,9,12-14,17,20H,1-4,11H2,(H,15,16)(H,18,19)/t5-,6-,7+,9+/m0/s1. The zero-order valence-corrected chi connectivity index (χ0v) is 11.7. The van der Waals surface area contributed by atoms with Crippen LogP contribution in [0.15, 0.2) is 0 Å². The summed E-state index contributed by atoms with van der Waals surface area (Å²) in [6.07, 6.45) is -2.17. The van der Waals surface area contributed by atoms with E-state index in [0.29, 0.717) is 0 Å². The quantitative estimate of drug-likeness (QED) is 0.150. The van der Waals surface area contributed by atoms with Crippen molar-refractivity contribution in [1.82, 2.24) is 10.6 Å². The number of aliphatic hydroxyl groups excluding tert-OH is 2. The molecule has 0 bridgehead atoms. The Balaban J connectivity index is 4.13. The molecule has 0 aliphatic rings. The summed E-state index contributed by atoms with van der Waals surface area (Å²) in [4.78, 5) is 20.8. The lowest BCUT2D eigenvalue weighted by molar-refractivity contribution is -0.139. The van der Waals surface area contributed by atoms with Crippen molar-refractivity contribution < 1.29 is 30.0 Å². The van der Waals surface area contributed by atoms with E-state index >= 15 is 0 Å². The zero-order valence-electron chi connectivity index (χ0n) is 10.8. The third-order valence-corrected chi connectivity index (χ3v) is 2.91. The number of aliphatic hydroxyl groups is 2. The number of rotatable bonds is 11. The molecule has 0 saturated carbocycles. The van der Waals surface area contributed by atoms with Gasteiger partial charge in [0.25, 0.3) is 0 Å². The first-order valence-electron chi connectivity index (χ1n) is 5.94. The van der Waals surface area contributed by atoms with Crippen LogP contribution in [0.4, 0.5) is 0 Å². The van der Waals surface area contributed by atoms with Gasteiger partial charge in [0.05, 0.1) is 12.6 Å². The van der Waals surface area contributed by atoms with E-state index in [1.807, 2.05) is 0 Å². The van der Waals surface area contributed by atoms with Gasteiger partial charge in [-0.1, -0.05) is 0 Å². The highest BCUT2D eigenvalue weighted by Crippen LogP contribution is 2.02. The van der Waals surface area contributed by atoms with Crippen LogP contribution in [0.2, 0.25) is 0 Å². The SMILES string of the molecule is N[C@@H](CC[C@@H](O)N[C@@H](CS)[C@@H](O)NCC(=O)O)C(=O)O. The fraction of sp³-hybridized carbons (Fsp3) is 0.800. The van der Waals surface area contributed by atoms with Crippen LogP contribution in [0, 0.1) is 0 Å². The summed E-state index contributed by atoms with van der Waals surface area (Å²) in [6.45, 7) is -0.437. The molecule has 118 valence electrons. The highest BCUT2D eigenvalue weighted by atomic mass is 32.1. The van der Waals surface area contributed by atoms with E-state index in [0.717, 1.165) is 0 Å². The van der Waals surface area contributed by atoms with Crippen molar-refractivity contribution in [1.29, 1.82) is 0 Å². The molecule has 0 radical (unpaired) electrons. The molecule has 0 saturated heterocycles. The van der Waals surface area contributed by atoms with Gasteiger partial charge >= 0.3 is 11.9 Å². The lowest BCUT2D eigenvalue weighted by Crippen LogP contribution is -2.53. The molecule has 9 nitrogen and oxygen atoms in total. The van der Waals surface area contributed by atoms with Crippen LogP contribution < -0.4 is 16.4 Å². The molecule has 0 aromatic carbocycles. The Labute approximate surface area is 121 Å². The number of aliphatic carboxylic acids is 2. The van der Waals surface area contributed by atoms with E-state index < -0.39 is 43.0 Å². The smallest absolute Gasteiger partial charge is 0.320 e. The van der Waals surface area contributed by atoms with Crippen molar-refractivity contribution >= 4 is 24.6 Å². The van der Waals surface area contributed by atoms with E-state index in [-0.39, 0.29) is 18.6 Å². The van der Waals surface area contributed by atoms with Gasteiger partial charge in [-0.2, -0.15) is 12.6 Å². The maximum absolute atomic E-state index is 10.5. The van der Waals surface area contributed by atoms with Crippen molar-refractivity contribution in [2.75, 3.05) is 12.3 Å². The number of nitrogens with one attached hydrogen (secondary N) is 2. The summed E-state index contributed by atoms with van der Waals surface area (Å²) < 4.78 is 0. The molecule has 4 atom stereocenters. The fourth-order valence-electron chi connectivity index (χ4n) is 1.37. The van der Waals surface area contributed by atoms with Crippen molar-refractivity contribution in [3.63, 3.8) is 0 Å². The fourth-order valence-corrected chi connectivity index (χ4v) is 1.67. The Bertz CT molecular complexity index is 319. The zero-order chi connectivity index (χ0) is 15.7. The molecular weight excluding hydrogens is 290 g/mol. The van der Waals surface area contributed by atoms with Crippen LogP contribution in [0.1, 0.15) is 12.8 Å². The van der Waals surface area contributed by atoms with Gasteiger partial charge in [0.15, 0.2) is 0 Å². The van der Waals surface area contributed by atoms with Gasteiger partial charge in [-0.05, 0) is 12.8 Å². The van der Waals surface area contributed by atoms with E-state index in [9.17, 15) is 19.8 Å². The Kier molecular flexibility index (Phi) is 9.46. The molecule has 0 aromatic heterocycles. The second kappa shape index (κ2) is 9.91. The second-order valence-electron chi connectivity index (χ2n) is 4.21. The van der Waals surface area contributed by atoms with E-state index in [2.05, 4.69) is 23.3 Å². The number of hydrogen-bond acceptors (Lipinski definition) is 8. The molecule has 0 fully saturated rings. The van der Waals surface area contributed by atoms with Gasteiger partial charge in [-0.3, -0.25) is 20.2 Å². The van der Waals surface area contributed by atoms with Crippen molar-refractivity contribution in [2.24, 2.45) is 5.73 Å². The van der Waals surface area contributed by atoms with Crippen LogP contribution in [0.25, 0.3) is 0 Å². The van der Waals surface area contributed by atoms with Gasteiger partial charge in [0.1, 0.15) is 18.5 Å². The minimum Gasteiger partial charge on any atom is -0.480 e. The summed E-state index contributed by atoms with van der Waals surface area (Å²) in [5, 5.41) is 41.3. The van der Waals surface area contributed by atoms with Gasteiger partial charge in [0.2, 0.25) is 0 Å². The van der Waals surface area contributed by atoms with Gasteiger partial charge in [0, 0.05) is 5.75 Å². The number of nitrogens with two attached hydrogens (primary N) is 1. The predicted molar refractivity (Wildman–Crippen MR) is 73.3 cm³/mol. The van der Waals surface area contributed by atoms with Crippen molar-refractivity contribution in [3.8, 4) is 0 Å². The topological polar surface area (TPSA) is 165 Å². The Morgan fingerprint density at radius 2 is 1.80 bits per heavy atom. The van der Waals surface area contributed by atoms with Crippen molar-refractivity contribution in [3.05, 3.63) is 0 Å². The number of carbonyl (C=O) groups is 2. The maximum atomic E-state index is 10.5. The average molecular weight is 311 g/mol. The Morgan fingerprint density at radius 1 is 1.20 bits per heavy atom. The Hall–Kier alpha value is -0.910. The number of hydrogen-bond donors (Lipinski definition) is 8. The maximum Gasteiger partial charge on any atom is 0.320 e. The molecule has 0 unspecified atom stereocenters. The lowest BCUT2D eigenvalue weighted by Gasteiger charge is -2.26. The first-order chi connectivity index (χ1) is 9.27. The molecule has 0 aromatic rings. The van der Waals surface area contributed by atoms with Crippen LogP contribution in [-0.4, -0.2) is 69.2 Å². The monoisotopic (exact) mass is 311 g/mol. The molecule has 8 N–H and O–H groups in total. The first-order valence-corrected chi connectivity index (χ1v) is 6.57. The average Bonchev–Trinajstić information content (AvgIpc) is 2.38. The largest absolute Gasteiger partial charge is 0.480 e. The van der Waals surface area contributed by atoms with Gasteiger partial charge in [-0.25, -0.2) is 0 Å². The molecule has 0 heterocycles. The van der Waals surface area contributed by atoms with E-state index in [1.165, 1.54) is 0 Å². The van der Waals surface area contributed by atoms with Crippen LogP contribution >= 0.6 is 12.6 Å². The van der Waals surface area contributed by atoms with E-state index in [4.69, 9.17) is 15.9 Å². The summed E-state index contributed by atoms with van der Waals surface area (Å²) in [7, 11) is 0. The molecule has 0 aliphatic heterocycles. The third kappa shape index (κ3) is 8.30. The lowest BCUT2D eigenvalue weighted by atomic mass is 10.1. The number of carboxylic acids is 2. The normalized spacial score (nSPS) is 17.2. The molecular formula is C10H21N3O6S. The first kappa shape index (κ1) is 19.1. The minimum atomic E-state index is -1.22. The predicted octanol–water partition coefficient (Wildman–Crippen LogP) is -2.62. The molecule has 0 spiro atoms. The molecule has 20 heavy (non-hydrogen) atoms. The van der Waals surface area contributed by atoms with Gasteiger partial charge in [-0.15, -0.1) is 0 Å². The Morgan fingerprint density at radius 3 is 2.25 bits per heavy atom. The minimum absolute atomic E-state index is 0.0570. The number of carboxylic acid groups (broad SMARTS) is 2. The highest BCUT2D eigenvalue weighted by Gasteiger charge is 2.21. The van der Waals surface area contributed by atoms with Crippen LogP contribution in [0.3, 0.4) is 0 Å². The third-order valence-electron chi connectivity index (χ3n) is 2.52. The van der Waals surface area contributed by atoms with Crippen LogP contribution in [0.5, 0.6) is 0 Å². The molecule has 0 amide bonds. The molecule has 10 heteroatoms. The summed E-state index contributed by atoms with van der Waals surface area (Å²) >= 11 is 3.98. The summed E-state index contributed by atoms with van der Waals surface area (Å²) in [5.41, 5.74) is 5.29. The summed E-state index contributed by atoms with van der Waals surface area (Å²) in [6, 6.07) is -1.77.